The van der Waals surface area contributed by atoms with Crippen LogP contribution in [0.1, 0.15) is 5.56 Å². The number of nitrogens with zero attached hydrogens (tertiary/aromatic N) is 1. The molecule has 0 fully saturated rings. The smallest absolute Gasteiger partial charge is 0.314 e. The predicted molar refractivity (Wildman–Crippen MR) is 52.4 cm³/mol. The van der Waals surface area contributed by atoms with Crippen LogP contribution in [-0.2, 0) is 6.42 Å². The minimum absolute atomic E-state index is 0.0143. The van der Waals surface area contributed by atoms with Gasteiger partial charge in [-0.05, 0) is 19.0 Å². The Morgan fingerprint density at radius 1 is 1.57 bits per heavy atom. The van der Waals surface area contributed by atoms with E-state index in [1.807, 2.05) is 0 Å². The molecule has 0 amide bonds. The zero-order valence-corrected chi connectivity index (χ0v) is 7.90. The Balaban J connectivity index is 3.20. The van der Waals surface area contributed by atoms with Crippen molar-refractivity contribution in [3.05, 3.63) is 33.9 Å². The summed E-state index contributed by atoms with van der Waals surface area (Å²) in [4.78, 5) is 10.3. The molecule has 5 heteroatoms. The van der Waals surface area contributed by atoms with Gasteiger partial charge in [-0.2, -0.15) is 0 Å². The fourth-order valence-corrected chi connectivity index (χ4v) is 1.30. The highest BCUT2D eigenvalue weighted by molar-refractivity contribution is 5.52. The summed E-state index contributed by atoms with van der Waals surface area (Å²) in [6.45, 7) is 0.383. The third-order valence-electron chi connectivity index (χ3n) is 1.90. The molecule has 0 unspecified atom stereocenters. The minimum Gasteiger partial charge on any atom is -0.490 e. The van der Waals surface area contributed by atoms with Crippen LogP contribution in [0.3, 0.4) is 0 Å². The predicted octanol–water partition coefficient (Wildman–Crippen LogP) is 1.10. The van der Waals surface area contributed by atoms with Crippen LogP contribution in [0.15, 0.2) is 18.2 Å². The monoisotopic (exact) mass is 196 g/mol. The number of nitro benzene ring substituents is 1. The largest absolute Gasteiger partial charge is 0.490 e. The first-order chi connectivity index (χ1) is 6.70. The molecule has 76 valence electrons. The lowest BCUT2D eigenvalue weighted by atomic mass is 10.1. The summed E-state index contributed by atoms with van der Waals surface area (Å²) in [5.41, 5.74) is 5.98. The second-order valence-electron chi connectivity index (χ2n) is 2.76. The van der Waals surface area contributed by atoms with Crippen molar-refractivity contribution in [1.82, 2.24) is 0 Å². The lowest BCUT2D eigenvalue weighted by Gasteiger charge is -2.05. The van der Waals surface area contributed by atoms with Crippen molar-refractivity contribution in [3.63, 3.8) is 0 Å². The molecule has 0 radical (unpaired) electrons. The number of para-hydroxylation sites is 1. The quantitative estimate of drug-likeness (QED) is 0.577. The van der Waals surface area contributed by atoms with Crippen LogP contribution in [0.2, 0.25) is 0 Å². The Labute approximate surface area is 81.6 Å². The van der Waals surface area contributed by atoms with Gasteiger partial charge in [-0.25, -0.2) is 0 Å². The van der Waals surface area contributed by atoms with E-state index in [-0.39, 0.29) is 11.4 Å². The van der Waals surface area contributed by atoms with E-state index in [0.29, 0.717) is 18.5 Å². The summed E-state index contributed by atoms with van der Waals surface area (Å²) in [5, 5.41) is 10.8. The number of methoxy groups -OCH3 is 1. The topological polar surface area (TPSA) is 78.4 Å². The van der Waals surface area contributed by atoms with Crippen LogP contribution in [0.5, 0.6) is 5.75 Å². The Bertz CT molecular complexity index is 339. The van der Waals surface area contributed by atoms with Crippen molar-refractivity contribution in [3.8, 4) is 5.75 Å². The molecule has 0 aliphatic heterocycles. The van der Waals surface area contributed by atoms with Gasteiger partial charge in [0.05, 0.1) is 12.0 Å². The normalized spacial score (nSPS) is 9.86. The molecule has 0 saturated carbocycles. The molecule has 1 aromatic rings. The van der Waals surface area contributed by atoms with E-state index in [9.17, 15) is 10.1 Å². The fraction of sp³-hybridized carbons (Fsp3) is 0.333. The van der Waals surface area contributed by atoms with Crippen molar-refractivity contribution in [1.29, 1.82) is 0 Å². The number of hydrogen-bond acceptors (Lipinski definition) is 4. The first-order valence-electron chi connectivity index (χ1n) is 4.21. The molecule has 1 rings (SSSR count). The van der Waals surface area contributed by atoms with Crippen LogP contribution in [0.25, 0.3) is 0 Å². The SMILES string of the molecule is COc1cccc(CCN)c1[N+](=O)[O-]. The lowest BCUT2D eigenvalue weighted by molar-refractivity contribution is -0.386. The van der Waals surface area contributed by atoms with E-state index in [0.717, 1.165) is 0 Å². The van der Waals surface area contributed by atoms with Gasteiger partial charge in [0.25, 0.3) is 0 Å². The minimum atomic E-state index is -0.441. The molecule has 0 saturated heterocycles. The van der Waals surface area contributed by atoms with Crippen molar-refractivity contribution in [2.24, 2.45) is 5.73 Å². The second kappa shape index (κ2) is 4.57. The van der Waals surface area contributed by atoms with Crippen LogP contribution in [-0.4, -0.2) is 18.6 Å². The molecule has 0 spiro atoms. The molecule has 5 nitrogen and oxygen atoms in total. The summed E-state index contributed by atoms with van der Waals surface area (Å²) in [6.07, 6.45) is 0.480. The average Bonchev–Trinajstić information content (AvgIpc) is 2.17. The molecular weight excluding hydrogens is 184 g/mol. The fourth-order valence-electron chi connectivity index (χ4n) is 1.30. The zero-order chi connectivity index (χ0) is 10.6. The van der Waals surface area contributed by atoms with Gasteiger partial charge in [0, 0.05) is 5.56 Å². The molecular formula is C9H12N2O3. The highest BCUT2D eigenvalue weighted by atomic mass is 16.6. The van der Waals surface area contributed by atoms with Gasteiger partial charge in [0.15, 0.2) is 5.75 Å². The molecule has 0 aliphatic carbocycles. The van der Waals surface area contributed by atoms with E-state index in [1.165, 1.54) is 7.11 Å². The molecule has 14 heavy (non-hydrogen) atoms. The van der Waals surface area contributed by atoms with Crippen LogP contribution < -0.4 is 10.5 Å². The molecule has 0 heterocycles. The number of nitrogens with two attached hydrogens (primary N) is 1. The summed E-state index contributed by atoms with van der Waals surface area (Å²) in [6, 6.07) is 4.97. The highest BCUT2D eigenvalue weighted by Crippen LogP contribution is 2.30. The van der Waals surface area contributed by atoms with Gasteiger partial charge >= 0.3 is 5.69 Å². The Morgan fingerprint density at radius 2 is 2.29 bits per heavy atom. The first kappa shape index (κ1) is 10.5. The molecule has 1 aromatic carbocycles. The van der Waals surface area contributed by atoms with E-state index >= 15 is 0 Å². The van der Waals surface area contributed by atoms with Gasteiger partial charge in [0.2, 0.25) is 0 Å². The number of benzene rings is 1. The second-order valence-corrected chi connectivity index (χ2v) is 2.76. The van der Waals surface area contributed by atoms with Crippen LogP contribution >= 0.6 is 0 Å². The number of ether oxygens (including phenoxy) is 1. The van der Waals surface area contributed by atoms with E-state index in [4.69, 9.17) is 10.5 Å². The Hall–Kier alpha value is -1.62. The van der Waals surface area contributed by atoms with Crippen molar-refractivity contribution >= 4 is 5.69 Å². The average molecular weight is 196 g/mol. The van der Waals surface area contributed by atoms with Crippen molar-refractivity contribution in [2.45, 2.75) is 6.42 Å². The third kappa shape index (κ3) is 2.00. The summed E-state index contributed by atoms with van der Waals surface area (Å²) >= 11 is 0. The molecule has 0 aromatic heterocycles. The summed E-state index contributed by atoms with van der Waals surface area (Å²) in [7, 11) is 1.41. The van der Waals surface area contributed by atoms with Gasteiger partial charge in [-0.3, -0.25) is 10.1 Å². The lowest BCUT2D eigenvalue weighted by Crippen LogP contribution is -2.06. The first-order valence-corrected chi connectivity index (χ1v) is 4.21. The van der Waals surface area contributed by atoms with Crippen LogP contribution in [0, 0.1) is 10.1 Å². The van der Waals surface area contributed by atoms with Gasteiger partial charge in [-0.15, -0.1) is 0 Å². The van der Waals surface area contributed by atoms with Gasteiger partial charge < -0.3 is 10.5 Å². The van der Waals surface area contributed by atoms with Crippen molar-refractivity contribution in [2.75, 3.05) is 13.7 Å². The van der Waals surface area contributed by atoms with E-state index in [1.54, 1.807) is 18.2 Å². The Kier molecular flexibility index (Phi) is 3.41. The van der Waals surface area contributed by atoms with Gasteiger partial charge in [0.1, 0.15) is 0 Å². The summed E-state index contributed by atoms with van der Waals surface area (Å²) < 4.78 is 4.91. The van der Waals surface area contributed by atoms with Crippen molar-refractivity contribution < 1.29 is 9.66 Å². The maximum absolute atomic E-state index is 10.8. The number of hydrogen-bond donors (Lipinski definition) is 1. The number of nitro groups is 1. The van der Waals surface area contributed by atoms with E-state index in [2.05, 4.69) is 0 Å². The molecule has 2 N–H and O–H groups in total. The molecule has 0 bridgehead atoms. The third-order valence-corrected chi connectivity index (χ3v) is 1.90. The van der Waals surface area contributed by atoms with E-state index < -0.39 is 4.92 Å². The summed E-state index contributed by atoms with van der Waals surface area (Å²) in [5.74, 6) is 0.279. The van der Waals surface area contributed by atoms with Crippen LogP contribution in [0.4, 0.5) is 5.69 Å². The van der Waals surface area contributed by atoms with Gasteiger partial charge in [-0.1, -0.05) is 12.1 Å². The highest BCUT2D eigenvalue weighted by Gasteiger charge is 2.19. The maximum atomic E-state index is 10.8. The Morgan fingerprint density at radius 3 is 2.79 bits per heavy atom. The zero-order valence-electron chi connectivity index (χ0n) is 7.90. The molecule has 0 atom stereocenters. The number of rotatable bonds is 4. The molecule has 0 aliphatic rings. The standard InChI is InChI=1S/C9H12N2O3/c1-14-8-4-2-3-7(5-6-10)9(8)11(12)13/h2-4H,5-6,10H2,1H3. The maximum Gasteiger partial charge on any atom is 0.314 e.